The van der Waals surface area contributed by atoms with Crippen LogP contribution in [0.5, 0.6) is 0 Å². The van der Waals surface area contributed by atoms with E-state index in [-0.39, 0.29) is 17.4 Å². The molecule has 0 saturated carbocycles. The summed E-state index contributed by atoms with van der Waals surface area (Å²) in [6, 6.07) is 1.18. The van der Waals surface area contributed by atoms with E-state index in [1.165, 1.54) is 12.8 Å². The molecule has 2 fully saturated rings. The van der Waals surface area contributed by atoms with E-state index in [0.29, 0.717) is 18.5 Å². The van der Waals surface area contributed by atoms with E-state index in [2.05, 4.69) is 32.7 Å². The second-order valence-electron chi connectivity index (χ2n) is 7.36. The highest BCUT2D eigenvalue weighted by Gasteiger charge is 2.36. The van der Waals surface area contributed by atoms with Gasteiger partial charge in [0.15, 0.2) is 0 Å². The smallest absolute Gasteiger partial charge is 0.224 e. The van der Waals surface area contributed by atoms with Crippen LogP contribution in [0.1, 0.15) is 46.5 Å². The quantitative estimate of drug-likeness (QED) is 0.824. The maximum atomic E-state index is 12.4. The molecule has 2 rings (SSSR count). The summed E-state index contributed by atoms with van der Waals surface area (Å²) in [6.45, 7) is 8.10. The van der Waals surface area contributed by atoms with Crippen LogP contribution >= 0.6 is 0 Å². The molecule has 2 heterocycles. The molecular weight excluding hydrogens is 238 g/mol. The average molecular weight is 267 g/mol. The summed E-state index contributed by atoms with van der Waals surface area (Å²) < 4.78 is 0. The molecule has 3 atom stereocenters. The third kappa shape index (κ3) is 3.29. The Hall–Kier alpha value is -0.610. The van der Waals surface area contributed by atoms with Crippen molar-refractivity contribution >= 4 is 5.91 Å². The van der Waals surface area contributed by atoms with Crippen LogP contribution in [-0.2, 0) is 4.79 Å². The fraction of sp³-hybridized carbons (Fsp3) is 0.933. The lowest BCUT2D eigenvalue weighted by atomic mass is 9.85. The number of fused-ring (bicyclic) bond motifs is 2. The lowest BCUT2D eigenvalue weighted by molar-refractivity contribution is -0.132. The number of hydrogen-bond donors (Lipinski definition) is 1. The van der Waals surface area contributed by atoms with Crippen LogP contribution in [0.15, 0.2) is 0 Å². The SMILES string of the molecule is CN1C2CCC1CN(C(=O)CC(N)C(C)(C)C)CC2. The molecule has 4 heteroatoms. The summed E-state index contributed by atoms with van der Waals surface area (Å²) in [6.07, 6.45) is 4.12. The first kappa shape index (κ1) is 14.8. The molecule has 2 aliphatic rings. The Balaban J connectivity index is 1.93. The van der Waals surface area contributed by atoms with Crippen LogP contribution in [0.3, 0.4) is 0 Å². The Labute approximate surface area is 117 Å². The number of hydrogen-bond acceptors (Lipinski definition) is 3. The van der Waals surface area contributed by atoms with Crippen molar-refractivity contribution < 1.29 is 4.79 Å². The molecule has 19 heavy (non-hydrogen) atoms. The molecule has 4 nitrogen and oxygen atoms in total. The minimum atomic E-state index is -0.0572. The monoisotopic (exact) mass is 267 g/mol. The summed E-state index contributed by atoms with van der Waals surface area (Å²) >= 11 is 0. The molecule has 2 N–H and O–H groups in total. The Kier molecular flexibility index (Phi) is 4.21. The van der Waals surface area contributed by atoms with E-state index < -0.39 is 0 Å². The lowest BCUT2D eigenvalue weighted by Gasteiger charge is -2.30. The van der Waals surface area contributed by atoms with Gasteiger partial charge in [-0.3, -0.25) is 9.69 Å². The number of carbonyl (C=O) groups excluding carboxylic acids is 1. The lowest BCUT2D eigenvalue weighted by Crippen LogP contribution is -2.44. The molecule has 1 amide bonds. The topological polar surface area (TPSA) is 49.6 Å². The van der Waals surface area contributed by atoms with E-state index >= 15 is 0 Å². The maximum absolute atomic E-state index is 12.4. The first-order valence-corrected chi connectivity index (χ1v) is 7.54. The molecule has 0 aromatic carbocycles. The molecule has 3 unspecified atom stereocenters. The molecule has 0 spiro atoms. The zero-order valence-electron chi connectivity index (χ0n) is 12.9. The van der Waals surface area contributed by atoms with Gasteiger partial charge in [-0.25, -0.2) is 0 Å². The van der Waals surface area contributed by atoms with Crippen LogP contribution in [0.25, 0.3) is 0 Å². The Bertz CT molecular complexity index is 337. The van der Waals surface area contributed by atoms with Gasteiger partial charge in [0.05, 0.1) is 0 Å². The van der Waals surface area contributed by atoms with Gasteiger partial charge in [-0.05, 0) is 31.7 Å². The highest BCUT2D eigenvalue weighted by molar-refractivity contribution is 5.77. The van der Waals surface area contributed by atoms with Crippen molar-refractivity contribution in [1.82, 2.24) is 9.80 Å². The van der Waals surface area contributed by atoms with E-state index in [0.717, 1.165) is 19.5 Å². The van der Waals surface area contributed by atoms with Gasteiger partial charge in [-0.15, -0.1) is 0 Å². The predicted octanol–water partition coefficient (Wildman–Crippen LogP) is 1.44. The standard InChI is InChI=1S/C15H29N3O/c1-15(2,3)13(16)9-14(19)18-8-7-11-5-6-12(10-18)17(11)4/h11-13H,5-10,16H2,1-4H3. The summed E-state index contributed by atoms with van der Waals surface area (Å²) in [7, 11) is 2.21. The number of likely N-dealkylation sites (N-methyl/N-ethyl adjacent to an activating group) is 1. The van der Waals surface area contributed by atoms with Gasteiger partial charge < -0.3 is 10.6 Å². The Morgan fingerprint density at radius 3 is 2.53 bits per heavy atom. The van der Waals surface area contributed by atoms with E-state index in [1.54, 1.807) is 0 Å². The highest BCUT2D eigenvalue weighted by Crippen LogP contribution is 2.29. The zero-order chi connectivity index (χ0) is 14.2. The van der Waals surface area contributed by atoms with E-state index in [9.17, 15) is 4.79 Å². The number of nitrogens with zero attached hydrogens (tertiary/aromatic N) is 2. The van der Waals surface area contributed by atoms with E-state index in [4.69, 9.17) is 5.73 Å². The fourth-order valence-corrected chi connectivity index (χ4v) is 3.16. The van der Waals surface area contributed by atoms with Crippen LogP contribution in [0.2, 0.25) is 0 Å². The normalized spacial score (nSPS) is 30.3. The van der Waals surface area contributed by atoms with Gasteiger partial charge >= 0.3 is 0 Å². The summed E-state index contributed by atoms with van der Waals surface area (Å²) in [4.78, 5) is 16.9. The highest BCUT2D eigenvalue weighted by atomic mass is 16.2. The van der Waals surface area contributed by atoms with Gasteiger partial charge in [0.2, 0.25) is 5.91 Å². The number of likely N-dealkylation sites (tertiary alicyclic amines) is 1. The van der Waals surface area contributed by atoms with Crippen molar-refractivity contribution in [2.24, 2.45) is 11.1 Å². The van der Waals surface area contributed by atoms with E-state index in [1.807, 2.05) is 4.90 Å². The number of nitrogens with two attached hydrogens (primary N) is 1. The largest absolute Gasteiger partial charge is 0.341 e. The second-order valence-corrected chi connectivity index (χ2v) is 7.36. The summed E-state index contributed by atoms with van der Waals surface area (Å²) in [5.41, 5.74) is 6.14. The summed E-state index contributed by atoms with van der Waals surface area (Å²) in [5, 5.41) is 0. The van der Waals surface area contributed by atoms with Crippen molar-refractivity contribution in [3.05, 3.63) is 0 Å². The van der Waals surface area contributed by atoms with Crippen LogP contribution < -0.4 is 5.73 Å². The fourth-order valence-electron chi connectivity index (χ4n) is 3.16. The Morgan fingerprint density at radius 1 is 1.26 bits per heavy atom. The molecule has 0 aromatic rings. The van der Waals surface area contributed by atoms with Crippen LogP contribution in [-0.4, -0.2) is 54.0 Å². The van der Waals surface area contributed by atoms with Crippen molar-refractivity contribution in [1.29, 1.82) is 0 Å². The first-order chi connectivity index (χ1) is 8.79. The summed E-state index contributed by atoms with van der Waals surface area (Å²) in [5.74, 6) is 0.239. The van der Waals surface area contributed by atoms with Crippen molar-refractivity contribution in [3.8, 4) is 0 Å². The maximum Gasteiger partial charge on any atom is 0.224 e. The Morgan fingerprint density at radius 2 is 1.89 bits per heavy atom. The van der Waals surface area contributed by atoms with Gasteiger partial charge in [0.1, 0.15) is 0 Å². The second kappa shape index (κ2) is 5.41. The first-order valence-electron chi connectivity index (χ1n) is 7.54. The third-order valence-electron chi connectivity index (χ3n) is 5.01. The van der Waals surface area contributed by atoms with Crippen molar-refractivity contribution in [2.45, 2.75) is 64.6 Å². The third-order valence-corrected chi connectivity index (χ3v) is 5.01. The minimum absolute atomic E-state index is 0.00267. The van der Waals surface area contributed by atoms with Gasteiger partial charge in [0, 0.05) is 37.6 Å². The van der Waals surface area contributed by atoms with Gasteiger partial charge in [-0.2, -0.15) is 0 Å². The molecule has 0 aromatic heterocycles. The minimum Gasteiger partial charge on any atom is -0.341 e. The van der Waals surface area contributed by atoms with Crippen molar-refractivity contribution in [2.75, 3.05) is 20.1 Å². The average Bonchev–Trinajstić information content (AvgIpc) is 2.51. The number of rotatable bonds is 2. The van der Waals surface area contributed by atoms with Crippen LogP contribution in [0, 0.1) is 5.41 Å². The van der Waals surface area contributed by atoms with Crippen LogP contribution in [0.4, 0.5) is 0 Å². The predicted molar refractivity (Wildman–Crippen MR) is 77.8 cm³/mol. The molecule has 2 bridgehead atoms. The molecule has 0 radical (unpaired) electrons. The zero-order valence-corrected chi connectivity index (χ0v) is 12.9. The number of carbonyl (C=O) groups is 1. The molecule has 0 aliphatic carbocycles. The molecular formula is C15H29N3O. The molecule has 2 saturated heterocycles. The van der Waals surface area contributed by atoms with Gasteiger partial charge in [-0.1, -0.05) is 20.8 Å². The molecule has 110 valence electrons. The van der Waals surface area contributed by atoms with Gasteiger partial charge in [0.25, 0.3) is 0 Å². The number of amides is 1. The van der Waals surface area contributed by atoms with Crippen molar-refractivity contribution in [3.63, 3.8) is 0 Å². The molecule has 2 aliphatic heterocycles.